The Morgan fingerprint density at radius 3 is 2.53 bits per heavy atom. The highest BCUT2D eigenvalue weighted by molar-refractivity contribution is 5.94. The summed E-state index contributed by atoms with van der Waals surface area (Å²) in [5, 5.41) is 7.38. The van der Waals surface area contributed by atoms with Crippen molar-refractivity contribution in [1.82, 2.24) is 24.9 Å². The van der Waals surface area contributed by atoms with Crippen LogP contribution in [0.3, 0.4) is 0 Å². The van der Waals surface area contributed by atoms with Gasteiger partial charge in [-0.25, -0.2) is 4.79 Å². The molecule has 3 amide bonds. The van der Waals surface area contributed by atoms with Gasteiger partial charge in [0.2, 0.25) is 0 Å². The Bertz CT molecular complexity index is 1060. The van der Waals surface area contributed by atoms with Crippen LogP contribution in [0.5, 0.6) is 0 Å². The summed E-state index contributed by atoms with van der Waals surface area (Å²) in [7, 11) is 0. The molecule has 0 radical (unpaired) electrons. The smallest absolute Gasteiger partial charge is 0.317 e. The first kappa shape index (κ1) is 21.6. The van der Waals surface area contributed by atoms with E-state index in [0.29, 0.717) is 44.8 Å². The molecule has 0 bridgehead atoms. The summed E-state index contributed by atoms with van der Waals surface area (Å²) in [5.41, 5.74) is 3.91. The van der Waals surface area contributed by atoms with Crippen LogP contribution >= 0.6 is 0 Å². The van der Waals surface area contributed by atoms with Crippen LogP contribution in [-0.4, -0.2) is 57.7 Å². The van der Waals surface area contributed by atoms with E-state index in [-0.39, 0.29) is 11.9 Å². The average Bonchev–Trinajstić information content (AvgIpc) is 3.10. The SMILES string of the molecule is Cc1cccc(C(=O)N2CCCN(C(=O)NCc3cnn(Cc4ccccc4)c3)CC2)c1. The van der Waals surface area contributed by atoms with Crippen LogP contribution < -0.4 is 5.32 Å². The van der Waals surface area contributed by atoms with Gasteiger partial charge in [-0.05, 0) is 31.0 Å². The van der Waals surface area contributed by atoms with E-state index >= 15 is 0 Å². The number of aromatic nitrogens is 2. The maximum absolute atomic E-state index is 12.8. The zero-order valence-corrected chi connectivity index (χ0v) is 18.4. The van der Waals surface area contributed by atoms with E-state index in [1.807, 2.05) is 65.2 Å². The Hall–Kier alpha value is -3.61. The largest absolute Gasteiger partial charge is 0.337 e. The third kappa shape index (κ3) is 5.55. The number of hydrogen-bond acceptors (Lipinski definition) is 3. The molecule has 1 N–H and O–H groups in total. The number of benzene rings is 2. The number of rotatable bonds is 5. The fraction of sp³-hybridized carbons (Fsp3) is 0.320. The first-order chi connectivity index (χ1) is 15.6. The molecule has 0 saturated carbocycles. The van der Waals surface area contributed by atoms with Gasteiger partial charge in [-0.1, -0.05) is 48.0 Å². The van der Waals surface area contributed by atoms with Crippen molar-refractivity contribution >= 4 is 11.9 Å². The van der Waals surface area contributed by atoms with E-state index < -0.39 is 0 Å². The molecule has 3 aromatic rings. The second-order valence-corrected chi connectivity index (χ2v) is 8.19. The molecule has 0 atom stereocenters. The minimum atomic E-state index is -0.106. The zero-order valence-electron chi connectivity index (χ0n) is 18.4. The predicted molar refractivity (Wildman–Crippen MR) is 123 cm³/mol. The number of carbonyl (C=O) groups excluding carboxylic acids is 2. The van der Waals surface area contributed by atoms with Crippen molar-refractivity contribution in [2.24, 2.45) is 0 Å². The van der Waals surface area contributed by atoms with E-state index in [2.05, 4.69) is 22.5 Å². The van der Waals surface area contributed by atoms with Crippen LogP contribution in [0.1, 0.15) is 33.5 Å². The van der Waals surface area contributed by atoms with E-state index in [0.717, 1.165) is 17.5 Å². The summed E-state index contributed by atoms with van der Waals surface area (Å²) in [6.45, 7) is 5.46. The quantitative estimate of drug-likeness (QED) is 0.674. The molecular formula is C25H29N5O2. The van der Waals surface area contributed by atoms with Gasteiger partial charge in [0.25, 0.3) is 5.91 Å². The van der Waals surface area contributed by atoms with Gasteiger partial charge in [-0.3, -0.25) is 9.48 Å². The molecule has 1 aromatic heterocycles. The molecular weight excluding hydrogens is 402 g/mol. The molecule has 0 unspecified atom stereocenters. The maximum atomic E-state index is 12.8. The van der Waals surface area contributed by atoms with Crippen LogP contribution in [0.25, 0.3) is 0 Å². The highest BCUT2D eigenvalue weighted by Crippen LogP contribution is 2.11. The summed E-state index contributed by atoms with van der Waals surface area (Å²) in [6, 6.07) is 17.7. The van der Waals surface area contributed by atoms with Crippen molar-refractivity contribution in [3.8, 4) is 0 Å². The Balaban J connectivity index is 1.27. The topological polar surface area (TPSA) is 70.5 Å². The van der Waals surface area contributed by atoms with Crippen LogP contribution in [-0.2, 0) is 13.1 Å². The maximum Gasteiger partial charge on any atom is 0.317 e. The molecule has 1 fully saturated rings. The standard InChI is InChI=1S/C25H29N5O2/c1-20-7-5-10-23(15-20)24(31)28-11-6-12-29(14-13-28)25(32)26-16-22-17-27-30(19-22)18-21-8-3-2-4-9-21/h2-5,7-10,15,17,19H,6,11-14,16,18H2,1H3,(H,26,32). The van der Waals surface area contributed by atoms with Crippen molar-refractivity contribution in [3.63, 3.8) is 0 Å². The average molecular weight is 432 g/mol. The summed E-state index contributed by atoms with van der Waals surface area (Å²) in [6.07, 6.45) is 4.51. The highest BCUT2D eigenvalue weighted by Gasteiger charge is 2.22. The van der Waals surface area contributed by atoms with Crippen molar-refractivity contribution < 1.29 is 9.59 Å². The van der Waals surface area contributed by atoms with Gasteiger partial charge < -0.3 is 15.1 Å². The third-order valence-corrected chi connectivity index (χ3v) is 5.65. The molecule has 7 heteroatoms. The molecule has 32 heavy (non-hydrogen) atoms. The summed E-state index contributed by atoms with van der Waals surface area (Å²) in [4.78, 5) is 29.2. The minimum Gasteiger partial charge on any atom is -0.337 e. The fourth-order valence-electron chi connectivity index (χ4n) is 3.93. The summed E-state index contributed by atoms with van der Waals surface area (Å²) >= 11 is 0. The first-order valence-corrected chi connectivity index (χ1v) is 11.0. The number of nitrogens with zero attached hydrogens (tertiary/aromatic N) is 4. The lowest BCUT2D eigenvalue weighted by atomic mass is 10.1. The van der Waals surface area contributed by atoms with Crippen molar-refractivity contribution in [1.29, 1.82) is 0 Å². The molecule has 1 aliphatic heterocycles. The molecule has 2 aromatic carbocycles. The van der Waals surface area contributed by atoms with Gasteiger partial charge >= 0.3 is 6.03 Å². The van der Waals surface area contributed by atoms with Crippen LogP contribution in [0.2, 0.25) is 0 Å². The van der Waals surface area contributed by atoms with E-state index in [1.165, 1.54) is 5.56 Å². The van der Waals surface area contributed by atoms with Crippen LogP contribution in [0.15, 0.2) is 67.0 Å². The number of hydrogen-bond donors (Lipinski definition) is 1. The number of amides is 3. The Kier molecular flexibility index (Phi) is 6.84. The number of aryl methyl sites for hydroxylation is 1. The van der Waals surface area contributed by atoms with Crippen molar-refractivity contribution in [2.75, 3.05) is 26.2 Å². The molecule has 4 rings (SSSR count). The van der Waals surface area contributed by atoms with Gasteiger partial charge in [0, 0.05) is 50.0 Å². The Morgan fingerprint density at radius 2 is 1.72 bits per heavy atom. The van der Waals surface area contributed by atoms with Crippen molar-refractivity contribution in [3.05, 3.63) is 89.2 Å². The van der Waals surface area contributed by atoms with E-state index in [1.54, 1.807) is 11.1 Å². The number of nitrogens with one attached hydrogen (secondary N) is 1. The lowest BCUT2D eigenvalue weighted by Crippen LogP contribution is -2.42. The lowest BCUT2D eigenvalue weighted by Gasteiger charge is -2.22. The first-order valence-electron chi connectivity index (χ1n) is 11.0. The van der Waals surface area contributed by atoms with E-state index in [9.17, 15) is 9.59 Å². The molecule has 0 spiro atoms. The van der Waals surface area contributed by atoms with Crippen molar-refractivity contribution in [2.45, 2.75) is 26.4 Å². The van der Waals surface area contributed by atoms with Crippen LogP contribution in [0, 0.1) is 6.92 Å². The van der Waals surface area contributed by atoms with Gasteiger partial charge in [-0.15, -0.1) is 0 Å². The monoisotopic (exact) mass is 431 g/mol. The lowest BCUT2D eigenvalue weighted by molar-refractivity contribution is 0.0762. The molecule has 1 saturated heterocycles. The summed E-state index contributed by atoms with van der Waals surface area (Å²) < 4.78 is 1.87. The fourth-order valence-corrected chi connectivity index (χ4v) is 3.93. The van der Waals surface area contributed by atoms with Gasteiger partial charge in [-0.2, -0.15) is 5.10 Å². The molecule has 166 valence electrons. The highest BCUT2D eigenvalue weighted by atomic mass is 16.2. The predicted octanol–water partition coefficient (Wildman–Crippen LogP) is 3.30. The molecule has 2 heterocycles. The van der Waals surface area contributed by atoms with Gasteiger partial charge in [0.1, 0.15) is 0 Å². The number of urea groups is 1. The molecule has 7 nitrogen and oxygen atoms in total. The van der Waals surface area contributed by atoms with E-state index in [4.69, 9.17) is 0 Å². The zero-order chi connectivity index (χ0) is 22.3. The van der Waals surface area contributed by atoms with Gasteiger partial charge in [0.15, 0.2) is 0 Å². The second kappa shape index (κ2) is 10.1. The number of carbonyl (C=O) groups is 2. The van der Waals surface area contributed by atoms with Gasteiger partial charge in [0.05, 0.1) is 12.7 Å². The second-order valence-electron chi connectivity index (χ2n) is 8.19. The minimum absolute atomic E-state index is 0.0294. The Morgan fingerprint density at radius 1 is 0.938 bits per heavy atom. The molecule has 0 aliphatic carbocycles. The Labute approximate surface area is 188 Å². The third-order valence-electron chi connectivity index (χ3n) is 5.65. The normalized spacial score (nSPS) is 14.2. The molecule has 1 aliphatic rings. The van der Waals surface area contributed by atoms with Crippen LogP contribution in [0.4, 0.5) is 4.79 Å². The summed E-state index contributed by atoms with van der Waals surface area (Å²) in [5.74, 6) is 0.0294.